The Bertz CT molecular complexity index is 348. The quantitative estimate of drug-likeness (QED) is 0.786. The van der Waals surface area contributed by atoms with Crippen molar-refractivity contribution >= 4 is 0 Å². The van der Waals surface area contributed by atoms with Gasteiger partial charge in [0.1, 0.15) is 5.75 Å². The van der Waals surface area contributed by atoms with Crippen LogP contribution in [-0.2, 0) is 6.54 Å². The normalized spacial score (nSPS) is 17.5. The molecule has 15 heavy (non-hydrogen) atoms. The smallest absolute Gasteiger partial charge is 0.122 e. The Balaban J connectivity index is 2.04. The van der Waals surface area contributed by atoms with Crippen LogP contribution in [0.15, 0.2) is 12.1 Å². The molecule has 1 aromatic rings. The first-order valence-electron chi connectivity index (χ1n) is 5.17. The van der Waals surface area contributed by atoms with Gasteiger partial charge in [-0.2, -0.15) is 0 Å². The van der Waals surface area contributed by atoms with Crippen molar-refractivity contribution in [2.45, 2.75) is 19.5 Å². The van der Waals surface area contributed by atoms with Crippen LogP contribution in [-0.4, -0.2) is 36.1 Å². The fourth-order valence-corrected chi connectivity index (χ4v) is 1.87. The predicted octanol–water partition coefficient (Wildman–Crippen LogP) is 0.542. The molecule has 0 aromatic carbocycles. The number of nitrogens with two attached hydrogens (primary N) is 1. The van der Waals surface area contributed by atoms with E-state index in [4.69, 9.17) is 10.5 Å². The van der Waals surface area contributed by atoms with Crippen molar-refractivity contribution in [3.63, 3.8) is 0 Å². The third-order valence-electron chi connectivity index (χ3n) is 2.59. The van der Waals surface area contributed by atoms with Gasteiger partial charge in [0.25, 0.3) is 0 Å². The highest BCUT2D eigenvalue weighted by Gasteiger charge is 2.23. The minimum atomic E-state index is 0.344. The number of likely N-dealkylation sites (tertiary alicyclic amines) is 1. The number of methoxy groups -OCH3 is 1. The second-order valence-corrected chi connectivity index (χ2v) is 4.09. The maximum absolute atomic E-state index is 5.72. The molecule has 0 unspecified atom stereocenters. The number of hydrogen-bond acceptors (Lipinski definition) is 4. The van der Waals surface area contributed by atoms with Crippen molar-refractivity contribution in [1.29, 1.82) is 0 Å². The summed E-state index contributed by atoms with van der Waals surface area (Å²) in [5.74, 6) is 0.877. The summed E-state index contributed by atoms with van der Waals surface area (Å²) in [6, 6.07) is 4.26. The molecular weight excluding hydrogens is 190 g/mol. The van der Waals surface area contributed by atoms with Crippen LogP contribution in [0.25, 0.3) is 0 Å². The molecule has 4 nitrogen and oxygen atoms in total. The molecule has 0 radical (unpaired) electrons. The van der Waals surface area contributed by atoms with Gasteiger partial charge in [-0.05, 0) is 6.92 Å². The molecule has 2 rings (SSSR count). The van der Waals surface area contributed by atoms with Crippen molar-refractivity contribution < 1.29 is 4.74 Å². The van der Waals surface area contributed by atoms with Gasteiger partial charge < -0.3 is 10.5 Å². The Morgan fingerprint density at radius 3 is 2.87 bits per heavy atom. The molecule has 0 saturated carbocycles. The van der Waals surface area contributed by atoms with Crippen LogP contribution in [0.4, 0.5) is 0 Å². The van der Waals surface area contributed by atoms with E-state index >= 15 is 0 Å². The third kappa shape index (κ3) is 2.46. The highest BCUT2D eigenvalue weighted by Crippen LogP contribution is 2.16. The molecule has 2 N–H and O–H groups in total. The first kappa shape index (κ1) is 10.4. The van der Waals surface area contributed by atoms with Crippen LogP contribution in [0.1, 0.15) is 11.4 Å². The van der Waals surface area contributed by atoms with Crippen molar-refractivity contribution in [2.24, 2.45) is 5.73 Å². The Morgan fingerprint density at radius 1 is 1.53 bits per heavy atom. The second-order valence-electron chi connectivity index (χ2n) is 4.09. The fraction of sp³-hybridized carbons (Fsp3) is 0.545. The van der Waals surface area contributed by atoms with Crippen molar-refractivity contribution in [3.05, 3.63) is 23.5 Å². The standard InChI is InChI=1S/C11H17N3O/c1-8-3-11(15-2)4-10(13-8)7-14-5-9(12)6-14/h3-4,9H,5-7,12H2,1-2H3. The molecule has 1 fully saturated rings. The van der Waals surface area contributed by atoms with Crippen LogP contribution in [0.3, 0.4) is 0 Å². The molecule has 0 amide bonds. The van der Waals surface area contributed by atoms with Gasteiger partial charge in [-0.15, -0.1) is 0 Å². The molecule has 1 aromatic heterocycles. The van der Waals surface area contributed by atoms with E-state index < -0.39 is 0 Å². The number of nitrogens with zero attached hydrogens (tertiary/aromatic N) is 2. The van der Waals surface area contributed by atoms with Gasteiger partial charge in [-0.25, -0.2) is 0 Å². The Hall–Kier alpha value is -1.13. The first-order chi connectivity index (χ1) is 7.17. The molecule has 2 heterocycles. The lowest BCUT2D eigenvalue weighted by Crippen LogP contribution is -2.54. The summed E-state index contributed by atoms with van der Waals surface area (Å²) in [5.41, 5.74) is 7.77. The van der Waals surface area contributed by atoms with Gasteiger partial charge in [-0.1, -0.05) is 0 Å². The Morgan fingerprint density at radius 2 is 2.27 bits per heavy atom. The summed E-state index contributed by atoms with van der Waals surface area (Å²) in [7, 11) is 1.68. The van der Waals surface area contributed by atoms with Crippen LogP contribution in [0, 0.1) is 6.92 Å². The van der Waals surface area contributed by atoms with E-state index in [1.165, 1.54) is 0 Å². The SMILES string of the molecule is COc1cc(C)nc(CN2CC(N)C2)c1. The van der Waals surface area contributed by atoms with Crippen LogP contribution in [0.5, 0.6) is 5.75 Å². The zero-order valence-corrected chi connectivity index (χ0v) is 9.23. The highest BCUT2D eigenvalue weighted by atomic mass is 16.5. The molecule has 0 spiro atoms. The van der Waals surface area contributed by atoms with E-state index in [0.29, 0.717) is 6.04 Å². The summed E-state index contributed by atoms with van der Waals surface area (Å²) in [5, 5.41) is 0. The van der Waals surface area contributed by atoms with Crippen molar-refractivity contribution in [1.82, 2.24) is 9.88 Å². The molecule has 0 bridgehead atoms. The summed E-state index contributed by atoms with van der Waals surface area (Å²) >= 11 is 0. The molecule has 0 aliphatic carbocycles. The van der Waals surface area contributed by atoms with Gasteiger partial charge in [0.15, 0.2) is 0 Å². The van der Waals surface area contributed by atoms with E-state index in [9.17, 15) is 0 Å². The molecule has 1 aliphatic rings. The zero-order valence-electron chi connectivity index (χ0n) is 9.23. The minimum absolute atomic E-state index is 0.344. The summed E-state index contributed by atoms with van der Waals surface area (Å²) < 4.78 is 5.21. The van der Waals surface area contributed by atoms with Gasteiger partial charge >= 0.3 is 0 Å². The molecule has 1 saturated heterocycles. The number of aromatic nitrogens is 1. The number of rotatable bonds is 3. The number of pyridine rings is 1. The van der Waals surface area contributed by atoms with Crippen LogP contribution in [0.2, 0.25) is 0 Å². The average Bonchev–Trinajstić information content (AvgIpc) is 2.14. The largest absolute Gasteiger partial charge is 0.497 e. The maximum atomic E-state index is 5.72. The van der Waals surface area contributed by atoms with Gasteiger partial charge in [0.2, 0.25) is 0 Å². The summed E-state index contributed by atoms with van der Waals surface area (Å²) in [6.07, 6.45) is 0. The van der Waals surface area contributed by atoms with Gasteiger partial charge in [0, 0.05) is 43.5 Å². The third-order valence-corrected chi connectivity index (χ3v) is 2.59. The van der Waals surface area contributed by atoms with E-state index in [-0.39, 0.29) is 0 Å². The van der Waals surface area contributed by atoms with Gasteiger partial charge in [0.05, 0.1) is 12.8 Å². The van der Waals surface area contributed by atoms with E-state index in [1.54, 1.807) is 7.11 Å². The molecule has 0 atom stereocenters. The summed E-state index contributed by atoms with van der Waals surface area (Å²) in [6.45, 7) is 4.79. The van der Waals surface area contributed by atoms with Crippen LogP contribution < -0.4 is 10.5 Å². The van der Waals surface area contributed by atoms with E-state index in [0.717, 1.165) is 36.8 Å². The predicted molar refractivity (Wildman–Crippen MR) is 58.8 cm³/mol. The molecule has 82 valence electrons. The highest BCUT2D eigenvalue weighted by molar-refractivity contribution is 5.26. The molecular formula is C11H17N3O. The topological polar surface area (TPSA) is 51.4 Å². The lowest BCUT2D eigenvalue weighted by atomic mass is 10.1. The zero-order chi connectivity index (χ0) is 10.8. The van der Waals surface area contributed by atoms with Crippen LogP contribution >= 0.6 is 0 Å². The number of hydrogen-bond donors (Lipinski definition) is 1. The van der Waals surface area contributed by atoms with E-state index in [2.05, 4.69) is 9.88 Å². The summed E-state index contributed by atoms with van der Waals surface area (Å²) in [4.78, 5) is 6.75. The van der Waals surface area contributed by atoms with Crippen molar-refractivity contribution in [3.8, 4) is 5.75 Å². The maximum Gasteiger partial charge on any atom is 0.122 e. The second kappa shape index (κ2) is 4.16. The average molecular weight is 207 g/mol. The lowest BCUT2D eigenvalue weighted by molar-refractivity contribution is 0.140. The number of ether oxygens (including phenoxy) is 1. The molecule has 4 heteroatoms. The minimum Gasteiger partial charge on any atom is -0.497 e. The first-order valence-corrected chi connectivity index (χ1v) is 5.17. The number of aryl methyl sites for hydroxylation is 1. The van der Waals surface area contributed by atoms with E-state index in [1.807, 2.05) is 19.1 Å². The Labute approximate surface area is 90.0 Å². The Kier molecular flexibility index (Phi) is 2.88. The van der Waals surface area contributed by atoms with Crippen molar-refractivity contribution in [2.75, 3.05) is 20.2 Å². The van der Waals surface area contributed by atoms with Gasteiger partial charge in [-0.3, -0.25) is 9.88 Å². The lowest BCUT2D eigenvalue weighted by Gasteiger charge is -2.36. The monoisotopic (exact) mass is 207 g/mol. The molecule has 1 aliphatic heterocycles. The fourth-order valence-electron chi connectivity index (χ4n) is 1.87.